The molecule has 4 nitrogen and oxygen atoms in total. The van der Waals surface area contributed by atoms with Gasteiger partial charge in [-0.05, 0) is 13.0 Å². The predicted octanol–water partition coefficient (Wildman–Crippen LogP) is 2.24. The molecular formula is C10H10ClN3O. The van der Waals surface area contributed by atoms with Gasteiger partial charge in [0.2, 0.25) is 5.88 Å². The van der Waals surface area contributed by atoms with Crippen LogP contribution in [0.4, 0.5) is 0 Å². The van der Waals surface area contributed by atoms with Crippen molar-refractivity contribution in [1.29, 1.82) is 0 Å². The Morgan fingerprint density at radius 2 is 2.27 bits per heavy atom. The SMILES string of the molecule is COc1cc(-n2ccc(C)n2)c(Cl)cn1. The molecule has 0 fully saturated rings. The van der Waals surface area contributed by atoms with E-state index in [-0.39, 0.29) is 0 Å². The number of aryl methyl sites for hydroxylation is 1. The Hall–Kier alpha value is -1.55. The Bertz CT molecular complexity index is 481. The first kappa shape index (κ1) is 9.98. The molecule has 0 saturated heterocycles. The molecule has 0 bridgehead atoms. The van der Waals surface area contributed by atoms with E-state index in [0.29, 0.717) is 10.9 Å². The molecule has 0 radical (unpaired) electrons. The molecule has 0 unspecified atom stereocenters. The first-order chi connectivity index (χ1) is 7.20. The fraction of sp³-hybridized carbons (Fsp3) is 0.200. The summed E-state index contributed by atoms with van der Waals surface area (Å²) in [6, 6.07) is 3.65. The minimum Gasteiger partial charge on any atom is -0.481 e. The lowest BCUT2D eigenvalue weighted by Gasteiger charge is -2.05. The molecule has 78 valence electrons. The van der Waals surface area contributed by atoms with Gasteiger partial charge >= 0.3 is 0 Å². The molecule has 15 heavy (non-hydrogen) atoms. The van der Waals surface area contributed by atoms with Gasteiger partial charge in [0, 0.05) is 12.3 Å². The first-order valence-electron chi connectivity index (χ1n) is 4.43. The molecule has 0 aliphatic carbocycles. The van der Waals surface area contributed by atoms with Gasteiger partial charge in [-0.3, -0.25) is 0 Å². The van der Waals surface area contributed by atoms with Crippen LogP contribution < -0.4 is 4.74 Å². The molecule has 0 saturated carbocycles. The van der Waals surface area contributed by atoms with Gasteiger partial charge in [-0.2, -0.15) is 5.10 Å². The summed E-state index contributed by atoms with van der Waals surface area (Å²) >= 11 is 6.02. The van der Waals surface area contributed by atoms with Crippen LogP contribution >= 0.6 is 11.6 Å². The van der Waals surface area contributed by atoms with Crippen molar-refractivity contribution in [2.24, 2.45) is 0 Å². The van der Waals surface area contributed by atoms with Crippen LogP contribution in [0.2, 0.25) is 5.02 Å². The van der Waals surface area contributed by atoms with Crippen molar-refractivity contribution in [3.63, 3.8) is 0 Å². The van der Waals surface area contributed by atoms with E-state index in [1.165, 1.54) is 0 Å². The van der Waals surface area contributed by atoms with Crippen molar-refractivity contribution < 1.29 is 4.74 Å². The van der Waals surface area contributed by atoms with E-state index in [1.807, 2.05) is 19.2 Å². The summed E-state index contributed by atoms with van der Waals surface area (Å²) in [5.41, 5.74) is 1.69. The molecule has 5 heteroatoms. The highest BCUT2D eigenvalue weighted by molar-refractivity contribution is 6.32. The number of nitrogens with zero attached hydrogens (tertiary/aromatic N) is 3. The average molecular weight is 224 g/mol. The van der Waals surface area contributed by atoms with Crippen molar-refractivity contribution in [1.82, 2.24) is 14.8 Å². The van der Waals surface area contributed by atoms with Crippen LogP contribution in [0.1, 0.15) is 5.69 Å². The smallest absolute Gasteiger partial charge is 0.215 e. The molecule has 0 aliphatic rings. The van der Waals surface area contributed by atoms with E-state index < -0.39 is 0 Å². The highest BCUT2D eigenvalue weighted by atomic mass is 35.5. The summed E-state index contributed by atoms with van der Waals surface area (Å²) in [7, 11) is 1.56. The lowest BCUT2D eigenvalue weighted by Crippen LogP contribution is -1.98. The summed E-state index contributed by atoms with van der Waals surface area (Å²) in [6.45, 7) is 1.92. The minimum absolute atomic E-state index is 0.516. The van der Waals surface area contributed by atoms with Crippen LogP contribution in [0.5, 0.6) is 5.88 Å². The molecule has 0 amide bonds. The average Bonchev–Trinajstić information content (AvgIpc) is 2.65. The fourth-order valence-electron chi connectivity index (χ4n) is 1.25. The topological polar surface area (TPSA) is 39.9 Å². The van der Waals surface area contributed by atoms with Crippen LogP contribution in [-0.4, -0.2) is 21.9 Å². The Morgan fingerprint density at radius 3 is 2.87 bits per heavy atom. The van der Waals surface area contributed by atoms with Gasteiger partial charge in [0.05, 0.1) is 29.7 Å². The molecule has 2 aromatic heterocycles. The molecule has 0 aliphatic heterocycles. The standard InChI is InChI=1S/C10H10ClN3O/c1-7-3-4-14(13-7)9-5-10(15-2)12-6-8(9)11/h3-6H,1-2H3. The number of methoxy groups -OCH3 is 1. The summed E-state index contributed by atoms with van der Waals surface area (Å²) in [5, 5.41) is 4.81. The Labute approximate surface area is 92.5 Å². The third kappa shape index (κ3) is 1.94. The maximum absolute atomic E-state index is 6.02. The quantitative estimate of drug-likeness (QED) is 0.784. The second-order valence-electron chi connectivity index (χ2n) is 3.08. The maximum Gasteiger partial charge on any atom is 0.215 e. The van der Waals surface area contributed by atoms with Crippen molar-refractivity contribution >= 4 is 11.6 Å². The monoisotopic (exact) mass is 223 g/mol. The van der Waals surface area contributed by atoms with Crippen LogP contribution in [0.3, 0.4) is 0 Å². The van der Waals surface area contributed by atoms with Crippen molar-refractivity contribution in [3.8, 4) is 11.6 Å². The number of hydrogen-bond acceptors (Lipinski definition) is 3. The fourth-order valence-corrected chi connectivity index (χ4v) is 1.44. The highest BCUT2D eigenvalue weighted by Gasteiger charge is 2.06. The second kappa shape index (κ2) is 3.90. The van der Waals surface area contributed by atoms with Gasteiger partial charge < -0.3 is 4.74 Å². The normalized spacial score (nSPS) is 10.3. The van der Waals surface area contributed by atoms with Crippen LogP contribution in [0.25, 0.3) is 5.69 Å². The Balaban J connectivity index is 2.51. The third-order valence-electron chi connectivity index (χ3n) is 1.99. The van der Waals surface area contributed by atoms with E-state index in [9.17, 15) is 0 Å². The molecule has 0 aromatic carbocycles. The number of halogens is 1. The van der Waals surface area contributed by atoms with E-state index in [4.69, 9.17) is 16.3 Å². The van der Waals surface area contributed by atoms with Crippen molar-refractivity contribution in [3.05, 3.63) is 35.2 Å². The van der Waals surface area contributed by atoms with E-state index in [2.05, 4.69) is 10.1 Å². The largest absolute Gasteiger partial charge is 0.481 e. The van der Waals surface area contributed by atoms with Crippen LogP contribution in [0, 0.1) is 6.92 Å². The number of rotatable bonds is 2. The van der Waals surface area contributed by atoms with Gasteiger partial charge in [0.25, 0.3) is 0 Å². The van der Waals surface area contributed by atoms with Gasteiger partial charge in [0.1, 0.15) is 0 Å². The molecule has 0 N–H and O–H groups in total. The number of pyridine rings is 1. The zero-order valence-corrected chi connectivity index (χ0v) is 9.19. The minimum atomic E-state index is 0.516. The number of hydrogen-bond donors (Lipinski definition) is 0. The van der Waals surface area contributed by atoms with E-state index in [0.717, 1.165) is 11.4 Å². The summed E-state index contributed by atoms with van der Waals surface area (Å²) in [6.07, 6.45) is 3.39. The van der Waals surface area contributed by atoms with Crippen molar-refractivity contribution in [2.75, 3.05) is 7.11 Å². The lowest BCUT2D eigenvalue weighted by atomic mass is 10.4. The van der Waals surface area contributed by atoms with Gasteiger partial charge in [-0.25, -0.2) is 9.67 Å². The molecule has 2 rings (SSSR count). The number of aromatic nitrogens is 3. The lowest BCUT2D eigenvalue weighted by molar-refractivity contribution is 0.397. The molecule has 2 aromatic rings. The predicted molar refractivity (Wildman–Crippen MR) is 57.7 cm³/mol. The number of ether oxygens (including phenoxy) is 1. The van der Waals surface area contributed by atoms with Crippen LogP contribution in [-0.2, 0) is 0 Å². The molecule has 2 heterocycles. The van der Waals surface area contributed by atoms with Crippen LogP contribution in [0.15, 0.2) is 24.5 Å². The zero-order valence-electron chi connectivity index (χ0n) is 8.44. The third-order valence-corrected chi connectivity index (χ3v) is 2.28. The highest BCUT2D eigenvalue weighted by Crippen LogP contribution is 2.22. The Morgan fingerprint density at radius 1 is 1.47 bits per heavy atom. The van der Waals surface area contributed by atoms with Crippen molar-refractivity contribution in [2.45, 2.75) is 6.92 Å². The van der Waals surface area contributed by atoms with Gasteiger partial charge in [-0.15, -0.1) is 0 Å². The van der Waals surface area contributed by atoms with Gasteiger partial charge in [0.15, 0.2) is 0 Å². The molecular weight excluding hydrogens is 214 g/mol. The van der Waals surface area contributed by atoms with Gasteiger partial charge in [-0.1, -0.05) is 11.6 Å². The second-order valence-corrected chi connectivity index (χ2v) is 3.49. The summed E-state index contributed by atoms with van der Waals surface area (Å²) in [5.74, 6) is 0.516. The Kier molecular flexibility index (Phi) is 2.60. The first-order valence-corrected chi connectivity index (χ1v) is 4.80. The summed E-state index contributed by atoms with van der Waals surface area (Å²) < 4.78 is 6.72. The summed E-state index contributed by atoms with van der Waals surface area (Å²) in [4.78, 5) is 3.99. The molecule has 0 atom stereocenters. The zero-order chi connectivity index (χ0) is 10.8. The molecule has 0 spiro atoms. The van der Waals surface area contributed by atoms with E-state index in [1.54, 1.807) is 24.1 Å². The maximum atomic E-state index is 6.02. The van der Waals surface area contributed by atoms with E-state index >= 15 is 0 Å².